The molecular weight excluding hydrogens is 360 g/mol. The van der Waals surface area contributed by atoms with Gasteiger partial charge in [-0.05, 0) is 51.0 Å². The van der Waals surface area contributed by atoms with Crippen molar-refractivity contribution in [2.24, 2.45) is 11.7 Å². The SMILES string of the molecule is CCOC(=O)CC(C)NC(=O)CC1CCCN(c2ccc(C(=N)N)cc2)C1=O. The molecule has 4 N–H and O–H groups in total. The zero-order valence-corrected chi connectivity index (χ0v) is 16.4. The van der Waals surface area contributed by atoms with Crippen molar-refractivity contribution in [1.82, 2.24) is 5.32 Å². The molecule has 2 rings (SSSR count). The van der Waals surface area contributed by atoms with Crippen molar-refractivity contribution < 1.29 is 19.1 Å². The van der Waals surface area contributed by atoms with E-state index >= 15 is 0 Å². The minimum Gasteiger partial charge on any atom is -0.466 e. The molecular formula is C20H28N4O4. The van der Waals surface area contributed by atoms with Crippen molar-refractivity contribution in [2.75, 3.05) is 18.1 Å². The second-order valence-electron chi connectivity index (χ2n) is 6.97. The van der Waals surface area contributed by atoms with Crippen LogP contribution < -0.4 is 16.0 Å². The predicted molar refractivity (Wildman–Crippen MR) is 106 cm³/mol. The molecule has 1 aliphatic heterocycles. The molecule has 28 heavy (non-hydrogen) atoms. The van der Waals surface area contributed by atoms with Crippen LogP contribution in [0, 0.1) is 11.3 Å². The van der Waals surface area contributed by atoms with Crippen LogP contribution in [0.15, 0.2) is 24.3 Å². The number of hydrogen-bond acceptors (Lipinski definition) is 5. The lowest BCUT2D eigenvalue weighted by Gasteiger charge is -2.32. The van der Waals surface area contributed by atoms with Crippen LogP contribution in [0.1, 0.15) is 45.1 Å². The first kappa shape index (κ1) is 21.4. The summed E-state index contributed by atoms with van der Waals surface area (Å²) in [6.45, 7) is 4.37. The summed E-state index contributed by atoms with van der Waals surface area (Å²) in [5.41, 5.74) is 6.79. The van der Waals surface area contributed by atoms with Crippen molar-refractivity contribution in [1.29, 1.82) is 5.41 Å². The van der Waals surface area contributed by atoms with E-state index in [1.54, 1.807) is 43.0 Å². The van der Waals surface area contributed by atoms with Gasteiger partial charge in [0, 0.05) is 36.2 Å². The Morgan fingerprint density at radius 3 is 2.64 bits per heavy atom. The smallest absolute Gasteiger partial charge is 0.307 e. The van der Waals surface area contributed by atoms with E-state index < -0.39 is 5.92 Å². The maximum Gasteiger partial charge on any atom is 0.307 e. The average Bonchev–Trinajstić information content (AvgIpc) is 2.63. The number of hydrogen-bond donors (Lipinski definition) is 3. The van der Waals surface area contributed by atoms with Crippen LogP contribution in [-0.2, 0) is 19.1 Å². The zero-order valence-electron chi connectivity index (χ0n) is 16.4. The monoisotopic (exact) mass is 388 g/mol. The minimum atomic E-state index is -0.393. The van der Waals surface area contributed by atoms with Crippen molar-refractivity contribution >= 4 is 29.3 Å². The van der Waals surface area contributed by atoms with E-state index in [2.05, 4.69) is 5.32 Å². The minimum absolute atomic E-state index is 0.0250. The topological polar surface area (TPSA) is 126 Å². The van der Waals surface area contributed by atoms with Crippen molar-refractivity contribution in [3.63, 3.8) is 0 Å². The van der Waals surface area contributed by atoms with E-state index in [1.165, 1.54) is 0 Å². The molecule has 8 heteroatoms. The second-order valence-corrected chi connectivity index (χ2v) is 6.97. The van der Waals surface area contributed by atoms with Gasteiger partial charge >= 0.3 is 5.97 Å². The maximum absolute atomic E-state index is 12.8. The van der Waals surface area contributed by atoms with Gasteiger partial charge in [-0.25, -0.2) is 0 Å². The summed E-state index contributed by atoms with van der Waals surface area (Å²) in [5.74, 6) is -1.11. The van der Waals surface area contributed by atoms with Gasteiger partial charge in [-0.1, -0.05) is 0 Å². The number of nitrogens with zero attached hydrogens (tertiary/aromatic N) is 1. The van der Waals surface area contributed by atoms with E-state index in [-0.39, 0.29) is 42.5 Å². The van der Waals surface area contributed by atoms with Gasteiger partial charge in [0.25, 0.3) is 0 Å². The normalized spacial score (nSPS) is 17.7. The molecule has 8 nitrogen and oxygen atoms in total. The number of nitrogens with two attached hydrogens (primary N) is 1. The number of esters is 1. The number of piperidine rings is 1. The fraction of sp³-hybridized carbons (Fsp3) is 0.500. The summed E-state index contributed by atoms with van der Waals surface area (Å²) in [6.07, 6.45) is 1.65. The zero-order chi connectivity index (χ0) is 20.7. The van der Waals surface area contributed by atoms with Crippen LogP contribution in [0.25, 0.3) is 0 Å². The number of carbonyl (C=O) groups excluding carboxylic acids is 3. The van der Waals surface area contributed by atoms with Crippen LogP contribution in [-0.4, -0.2) is 42.8 Å². The molecule has 1 fully saturated rings. The first-order valence-corrected chi connectivity index (χ1v) is 9.52. The van der Waals surface area contributed by atoms with Gasteiger partial charge in [0.1, 0.15) is 5.84 Å². The molecule has 2 atom stereocenters. The summed E-state index contributed by atoms with van der Waals surface area (Å²) in [4.78, 5) is 38.3. The molecule has 0 bridgehead atoms. The van der Waals surface area contributed by atoms with E-state index in [9.17, 15) is 14.4 Å². The van der Waals surface area contributed by atoms with Crippen molar-refractivity contribution in [3.8, 4) is 0 Å². The molecule has 0 aromatic heterocycles. The third-order valence-electron chi connectivity index (χ3n) is 4.66. The number of anilines is 1. The maximum atomic E-state index is 12.8. The van der Waals surface area contributed by atoms with Crippen LogP contribution in [0.4, 0.5) is 5.69 Å². The van der Waals surface area contributed by atoms with E-state index in [1.807, 2.05) is 0 Å². The first-order chi connectivity index (χ1) is 13.3. The molecule has 0 spiro atoms. The van der Waals surface area contributed by atoms with Crippen LogP contribution >= 0.6 is 0 Å². The van der Waals surface area contributed by atoms with Gasteiger partial charge < -0.3 is 20.7 Å². The lowest BCUT2D eigenvalue weighted by molar-refractivity contribution is -0.143. The molecule has 0 aliphatic carbocycles. The van der Waals surface area contributed by atoms with Crippen molar-refractivity contribution in [2.45, 2.75) is 45.6 Å². The molecule has 0 saturated carbocycles. The Hall–Kier alpha value is -2.90. The number of amidine groups is 1. The average molecular weight is 388 g/mol. The number of nitrogens with one attached hydrogen (secondary N) is 2. The Balaban J connectivity index is 1.93. The van der Waals surface area contributed by atoms with Crippen LogP contribution in [0.2, 0.25) is 0 Å². The van der Waals surface area contributed by atoms with E-state index in [4.69, 9.17) is 15.9 Å². The highest BCUT2D eigenvalue weighted by atomic mass is 16.5. The molecule has 1 saturated heterocycles. The van der Waals surface area contributed by atoms with Gasteiger partial charge in [-0.15, -0.1) is 0 Å². The predicted octanol–water partition coefficient (Wildman–Crippen LogP) is 1.56. The molecule has 0 radical (unpaired) electrons. The Kier molecular flexibility index (Phi) is 7.54. The summed E-state index contributed by atoms with van der Waals surface area (Å²) in [7, 11) is 0. The molecule has 1 aromatic rings. The highest BCUT2D eigenvalue weighted by Crippen LogP contribution is 2.26. The lowest BCUT2D eigenvalue weighted by Crippen LogP contribution is -2.44. The number of ether oxygens (including phenoxy) is 1. The lowest BCUT2D eigenvalue weighted by atomic mass is 9.92. The Morgan fingerprint density at radius 1 is 1.36 bits per heavy atom. The standard InChI is InChI=1S/C20H28N4O4/c1-3-28-18(26)11-13(2)23-17(25)12-15-5-4-10-24(20(15)27)16-8-6-14(7-9-16)19(21)22/h6-9,13,15H,3-5,10-12H2,1-2H3,(H3,21,22)(H,23,25). The third kappa shape index (κ3) is 5.80. The van der Waals surface area contributed by atoms with E-state index in [0.29, 0.717) is 25.1 Å². The summed E-state index contributed by atoms with van der Waals surface area (Å²) < 4.78 is 4.88. The molecule has 1 heterocycles. The van der Waals surface area contributed by atoms with Gasteiger partial charge in [0.2, 0.25) is 11.8 Å². The third-order valence-corrected chi connectivity index (χ3v) is 4.66. The molecule has 2 amide bonds. The highest BCUT2D eigenvalue weighted by molar-refractivity contribution is 5.99. The fourth-order valence-electron chi connectivity index (χ4n) is 3.29. The summed E-state index contributed by atoms with van der Waals surface area (Å²) >= 11 is 0. The van der Waals surface area contributed by atoms with Crippen LogP contribution in [0.5, 0.6) is 0 Å². The van der Waals surface area contributed by atoms with Gasteiger partial charge in [0.05, 0.1) is 13.0 Å². The first-order valence-electron chi connectivity index (χ1n) is 9.52. The largest absolute Gasteiger partial charge is 0.466 e. The quantitative estimate of drug-likeness (QED) is 0.354. The molecule has 1 aliphatic rings. The Bertz CT molecular complexity index is 732. The molecule has 1 aromatic carbocycles. The molecule has 2 unspecified atom stereocenters. The summed E-state index contributed by atoms with van der Waals surface area (Å²) in [6, 6.07) is 6.59. The number of amides is 2. The highest BCUT2D eigenvalue weighted by Gasteiger charge is 2.31. The number of benzene rings is 1. The summed E-state index contributed by atoms with van der Waals surface area (Å²) in [5, 5.41) is 10.2. The Labute approximate surface area is 164 Å². The van der Waals surface area contributed by atoms with Gasteiger partial charge in [0.15, 0.2) is 0 Å². The fourth-order valence-corrected chi connectivity index (χ4v) is 3.29. The Morgan fingerprint density at radius 2 is 2.04 bits per heavy atom. The molecule has 152 valence electrons. The van der Waals surface area contributed by atoms with Gasteiger partial charge in [-0.3, -0.25) is 19.8 Å². The van der Waals surface area contributed by atoms with Crippen molar-refractivity contribution in [3.05, 3.63) is 29.8 Å². The second kappa shape index (κ2) is 9.87. The number of carbonyl (C=O) groups is 3. The van der Waals surface area contributed by atoms with Crippen LogP contribution in [0.3, 0.4) is 0 Å². The number of nitrogen functional groups attached to an aromatic ring is 1. The van der Waals surface area contributed by atoms with Gasteiger partial charge in [-0.2, -0.15) is 0 Å². The number of rotatable bonds is 8. The van der Waals surface area contributed by atoms with E-state index in [0.717, 1.165) is 12.1 Å².